The maximum absolute atomic E-state index is 13.5. The van der Waals surface area contributed by atoms with Gasteiger partial charge in [0.25, 0.3) is 11.5 Å². The zero-order chi connectivity index (χ0) is 21.1. The zero-order valence-corrected chi connectivity index (χ0v) is 16.5. The Morgan fingerprint density at radius 3 is 2.62 bits per heavy atom. The summed E-state index contributed by atoms with van der Waals surface area (Å²) in [4.78, 5) is 38.2. The fourth-order valence-corrected chi connectivity index (χ4v) is 2.92. The van der Waals surface area contributed by atoms with Crippen LogP contribution in [0, 0.1) is 12.7 Å². The second-order valence-electron chi connectivity index (χ2n) is 6.36. The Labute approximate surface area is 170 Å². The van der Waals surface area contributed by atoms with Gasteiger partial charge >= 0.3 is 5.69 Å². The maximum atomic E-state index is 13.5. The maximum Gasteiger partial charge on any atom is 0.352 e. The molecule has 9 heteroatoms. The van der Waals surface area contributed by atoms with Gasteiger partial charge in [-0.05, 0) is 49.2 Å². The van der Waals surface area contributed by atoms with Gasteiger partial charge in [0.05, 0.1) is 12.2 Å². The van der Waals surface area contributed by atoms with Crippen molar-refractivity contribution in [2.24, 2.45) is 0 Å². The van der Waals surface area contributed by atoms with Crippen LogP contribution in [0.2, 0.25) is 5.02 Å². The van der Waals surface area contributed by atoms with Crippen LogP contribution in [0.1, 0.15) is 28.5 Å². The molecule has 0 aliphatic rings. The Balaban J connectivity index is 2.24. The summed E-state index contributed by atoms with van der Waals surface area (Å²) in [5.41, 5.74) is -0.596. The van der Waals surface area contributed by atoms with E-state index in [1.807, 2.05) is 0 Å². The average molecular weight is 417 g/mol. The number of amides is 1. The van der Waals surface area contributed by atoms with Crippen molar-refractivity contribution in [2.45, 2.75) is 20.4 Å². The Bertz CT molecular complexity index is 1200. The molecule has 0 spiro atoms. The lowest BCUT2D eigenvalue weighted by molar-refractivity contribution is 0.0946. The molecule has 3 aromatic rings. The second-order valence-corrected chi connectivity index (χ2v) is 6.76. The van der Waals surface area contributed by atoms with E-state index in [0.717, 1.165) is 14.8 Å². The minimum atomic E-state index is -0.861. The second kappa shape index (κ2) is 8.40. The van der Waals surface area contributed by atoms with E-state index in [0.29, 0.717) is 16.3 Å². The van der Waals surface area contributed by atoms with Crippen LogP contribution in [-0.4, -0.2) is 26.8 Å². The van der Waals surface area contributed by atoms with Gasteiger partial charge in [0.1, 0.15) is 5.82 Å². The molecule has 7 nitrogen and oxygen atoms in total. The highest BCUT2D eigenvalue weighted by Gasteiger charge is 2.20. The number of aryl methyl sites for hydroxylation is 1. The Hall–Kier alpha value is -3.26. The van der Waals surface area contributed by atoms with Gasteiger partial charge in [-0.3, -0.25) is 14.2 Å². The third-order valence-corrected chi connectivity index (χ3v) is 4.65. The lowest BCUT2D eigenvalue weighted by Gasteiger charge is -2.13. The highest BCUT2D eigenvalue weighted by atomic mass is 35.5. The summed E-state index contributed by atoms with van der Waals surface area (Å²) in [5.74, 6) is -1.21. The van der Waals surface area contributed by atoms with Crippen LogP contribution in [0.4, 0.5) is 4.39 Å². The monoisotopic (exact) mass is 416 g/mol. The summed E-state index contributed by atoms with van der Waals surface area (Å²) in [6, 6.07) is 10.3. The Kier molecular flexibility index (Phi) is 5.93. The first kappa shape index (κ1) is 20.5. The van der Waals surface area contributed by atoms with Crippen LogP contribution in [0.3, 0.4) is 0 Å². The highest BCUT2D eigenvalue weighted by Crippen LogP contribution is 2.18. The van der Waals surface area contributed by atoms with Crippen LogP contribution in [-0.2, 0) is 6.54 Å². The van der Waals surface area contributed by atoms with Crippen LogP contribution in [0.15, 0.2) is 52.1 Å². The van der Waals surface area contributed by atoms with E-state index in [-0.39, 0.29) is 13.1 Å². The lowest BCUT2D eigenvalue weighted by atomic mass is 10.2. The molecule has 0 saturated heterocycles. The summed E-state index contributed by atoms with van der Waals surface area (Å²) >= 11 is 6.15. The van der Waals surface area contributed by atoms with Crippen LogP contribution in [0.5, 0.6) is 0 Å². The van der Waals surface area contributed by atoms with Crippen molar-refractivity contribution in [3.05, 3.63) is 91.0 Å². The number of rotatable bonds is 5. The SMILES string of the molecule is CCNC(=O)c1nn(-c2ccc(C)c(Cl)c2)c(=O)n(Cc2cccc(F)c2)c1=O. The summed E-state index contributed by atoms with van der Waals surface area (Å²) in [5, 5.41) is 6.88. The molecule has 0 radical (unpaired) electrons. The Morgan fingerprint density at radius 1 is 1.21 bits per heavy atom. The average Bonchev–Trinajstić information content (AvgIpc) is 2.68. The Morgan fingerprint density at radius 2 is 1.97 bits per heavy atom. The summed E-state index contributed by atoms with van der Waals surface area (Å²) in [6.07, 6.45) is 0. The van der Waals surface area contributed by atoms with Gasteiger partial charge in [-0.25, -0.2) is 9.18 Å². The first-order chi connectivity index (χ1) is 13.8. The molecule has 0 unspecified atom stereocenters. The molecular formula is C20H18ClFN4O3. The van der Waals surface area contributed by atoms with Gasteiger partial charge in [-0.2, -0.15) is 9.78 Å². The molecule has 0 atom stereocenters. The molecule has 2 aromatic carbocycles. The minimum absolute atomic E-state index is 0.218. The molecule has 0 saturated carbocycles. The van der Waals surface area contributed by atoms with Crippen LogP contribution < -0.4 is 16.6 Å². The largest absolute Gasteiger partial charge is 0.352 e. The molecule has 150 valence electrons. The van der Waals surface area contributed by atoms with Gasteiger partial charge in [0.2, 0.25) is 5.69 Å². The molecule has 0 aliphatic heterocycles. The zero-order valence-electron chi connectivity index (χ0n) is 15.8. The van der Waals surface area contributed by atoms with E-state index < -0.39 is 28.7 Å². The van der Waals surface area contributed by atoms with Crippen LogP contribution >= 0.6 is 11.6 Å². The molecule has 1 aromatic heterocycles. The van der Waals surface area contributed by atoms with Crippen molar-refractivity contribution in [2.75, 3.05) is 6.54 Å². The smallest absolute Gasteiger partial charge is 0.351 e. The molecule has 29 heavy (non-hydrogen) atoms. The molecule has 1 N–H and O–H groups in total. The van der Waals surface area contributed by atoms with Crippen molar-refractivity contribution >= 4 is 17.5 Å². The number of aromatic nitrogens is 3. The fourth-order valence-electron chi connectivity index (χ4n) is 2.74. The first-order valence-corrected chi connectivity index (χ1v) is 9.23. The van der Waals surface area contributed by atoms with Crippen molar-refractivity contribution in [1.29, 1.82) is 0 Å². The van der Waals surface area contributed by atoms with Gasteiger partial charge in [-0.1, -0.05) is 29.8 Å². The molecule has 1 heterocycles. The number of halogens is 2. The predicted molar refractivity (Wildman–Crippen MR) is 107 cm³/mol. The van der Waals surface area contributed by atoms with Gasteiger partial charge in [-0.15, -0.1) is 0 Å². The molecule has 0 aliphatic carbocycles. The summed E-state index contributed by atoms with van der Waals surface area (Å²) < 4.78 is 15.3. The first-order valence-electron chi connectivity index (χ1n) is 8.85. The van der Waals surface area contributed by atoms with Gasteiger partial charge < -0.3 is 5.32 Å². The van der Waals surface area contributed by atoms with Crippen molar-refractivity contribution < 1.29 is 9.18 Å². The third-order valence-electron chi connectivity index (χ3n) is 4.24. The number of hydrogen-bond donors (Lipinski definition) is 1. The van der Waals surface area contributed by atoms with E-state index in [9.17, 15) is 18.8 Å². The fraction of sp³-hybridized carbons (Fsp3) is 0.200. The van der Waals surface area contributed by atoms with E-state index in [1.54, 1.807) is 32.0 Å². The molecular weight excluding hydrogens is 399 g/mol. The topological polar surface area (TPSA) is 86.0 Å². The van der Waals surface area contributed by atoms with E-state index in [4.69, 9.17) is 11.6 Å². The molecule has 0 bridgehead atoms. The number of benzene rings is 2. The predicted octanol–water partition coefficient (Wildman–Crippen LogP) is 2.29. The van der Waals surface area contributed by atoms with E-state index in [1.165, 1.54) is 24.3 Å². The summed E-state index contributed by atoms with van der Waals surface area (Å²) in [6.45, 7) is 3.55. The van der Waals surface area contributed by atoms with Crippen molar-refractivity contribution in [3.63, 3.8) is 0 Å². The number of carbonyl (C=O) groups excluding carboxylic acids is 1. The molecule has 3 rings (SSSR count). The normalized spacial score (nSPS) is 10.8. The number of hydrogen-bond acceptors (Lipinski definition) is 4. The molecule has 1 amide bonds. The lowest BCUT2D eigenvalue weighted by Crippen LogP contribution is -2.46. The molecule has 0 fully saturated rings. The van der Waals surface area contributed by atoms with Crippen LogP contribution in [0.25, 0.3) is 5.69 Å². The standard InChI is InChI=1S/C20H18ClFN4O3/c1-3-23-18(27)17-19(28)25(11-13-5-4-6-14(22)9-13)20(29)26(24-17)15-8-7-12(2)16(21)10-15/h4-10H,3,11H2,1-2H3,(H,23,27). The summed E-state index contributed by atoms with van der Waals surface area (Å²) in [7, 11) is 0. The van der Waals surface area contributed by atoms with Crippen molar-refractivity contribution in [3.8, 4) is 5.69 Å². The minimum Gasteiger partial charge on any atom is -0.351 e. The van der Waals surface area contributed by atoms with Gasteiger partial charge in [0, 0.05) is 11.6 Å². The van der Waals surface area contributed by atoms with E-state index >= 15 is 0 Å². The number of carbonyl (C=O) groups is 1. The number of nitrogens with zero attached hydrogens (tertiary/aromatic N) is 3. The highest BCUT2D eigenvalue weighted by molar-refractivity contribution is 6.31. The quantitative estimate of drug-likeness (QED) is 0.691. The third kappa shape index (κ3) is 4.27. The van der Waals surface area contributed by atoms with Crippen molar-refractivity contribution in [1.82, 2.24) is 19.7 Å². The van der Waals surface area contributed by atoms with E-state index in [2.05, 4.69) is 10.4 Å². The number of nitrogens with one attached hydrogen (secondary N) is 1. The van der Waals surface area contributed by atoms with Gasteiger partial charge in [0.15, 0.2) is 0 Å².